The molecule has 0 aliphatic rings. The Labute approximate surface area is 182 Å². The number of aryl methyl sites for hydroxylation is 1. The third-order valence-electron chi connectivity index (χ3n) is 3.70. The van der Waals surface area contributed by atoms with E-state index in [1.54, 1.807) is 6.07 Å². The van der Waals surface area contributed by atoms with Gasteiger partial charge in [-0.2, -0.15) is 0 Å². The summed E-state index contributed by atoms with van der Waals surface area (Å²) in [7, 11) is -3.87. The van der Waals surface area contributed by atoms with E-state index >= 15 is 0 Å². The minimum atomic E-state index is -3.87. The first-order chi connectivity index (χ1) is 14.0. The van der Waals surface area contributed by atoms with Gasteiger partial charge in [-0.3, -0.25) is 4.79 Å². The van der Waals surface area contributed by atoms with Crippen molar-refractivity contribution in [2.24, 2.45) is 5.14 Å². The third kappa shape index (κ3) is 5.33. The SMILES string of the molecule is CC(=O)Nc1nc(C)c(-c2csc(Nc3cc(S(N)(=O)=O)ccc3OC(C)C)n2)s1. The van der Waals surface area contributed by atoms with Gasteiger partial charge in [0.25, 0.3) is 0 Å². The number of carbonyl (C=O) groups excluding carboxylic acids is 1. The molecule has 160 valence electrons. The van der Waals surface area contributed by atoms with Crippen LogP contribution in [-0.2, 0) is 14.8 Å². The molecule has 0 bridgehead atoms. The molecule has 2 aromatic heterocycles. The largest absolute Gasteiger partial charge is 0.489 e. The second-order valence-electron chi connectivity index (χ2n) is 6.65. The number of hydrogen-bond donors (Lipinski definition) is 3. The number of benzene rings is 1. The number of anilines is 3. The Kier molecular flexibility index (Phi) is 6.41. The first-order valence-corrected chi connectivity index (χ1v) is 12.1. The normalized spacial score (nSPS) is 11.5. The molecule has 30 heavy (non-hydrogen) atoms. The fraction of sp³-hybridized carbons (Fsp3) is 0.278. The number of thiazole rings is 2. The summed E-state index contributed by atoms with van der Waals surface area (Å²) >= 11 is 2.68. The number of ether oxygens (including phenoxy) is 1. The molecule has 0 atom stereocenters. The van der Waals surface area contributed by atoms with Crippen molar-refractivity contribution in [1.29, 1.82) is 0 Å². The van der Waals surface area contributed by atoms with E-state index in [0.29, 0.717) is 27.4 Å². The molecule has 4 N–H and O–H groups in total. The van der Waals surface area contributed by atoms with Crippen LogP contribution in [0.3, 0.4) is 0 Å². The molecule has 0 spiro atoms. The molecule has 2 heterocycles. The Hall–Kier alpha value is -2.54. The fourth-order valence-corrected chi connectivity index (χ4v) is 4.83. The monoisotopic (exact) mass is 467 g/mol. The van der Waals surface area contributed by atoms with Gasteiger partial charge in [0.2, 0.25) is 15.9 Å². The molecule has 3 rings (SSSR count). The third-order valence-corrected chi connectivity index (χ3v) is 6.46. The maximum absolute atomic E-state index is 11.7. The summed E-state index contributed by atoms with van der Waals surface area (Å²) in [5, 5.41) is 13.9. The highest BCUT2D eigenvalue weighted by Crippen LogP contribution is 2.37. The molecule has 12 heteroatoms. The van der Waals surface area contributed by atoms with E-state index in [2.05, 4.69) is 20.6 Å². The van der Waals surface area contributed by atoms with Crippen molar-refractivity contribution in [3.8, 4) is 16.3 Å². The molecule has 0 unspecified atom stereocenters. The quantitative estimate of drug-likeness (QED) is 0.482. The summed E-state index contributed by atoms with van der Waals surface area (Å²) in [6, 6.07) is 4.38. The number of nitrogens with one attached hydrogen (secondary N) is 2. The number of primary sulfonamides is 1. The zero-order chi connectivity index (χ0) is 22.1. The highest BCUT2D eigenvalue weighted by molar-refractivity contribution is 7.89. The van der Waals surface area contributed by atoms with Crippen molar-refractivity contribution in [3.63, 3.8) is 0 Å². The van der Waals surface area contributed by atoms with Crippen LogP contribution in [0.15, 0.2) is 28.5 Å². The van der Waals surface area contributed by atoms with Gasteiger partial charge in [-0.15, -0.1) is 11.3 Å². The Balaban J connectivity index is 1.92. The van der Waals surface area contributed by atoms with Crippen LogP contribution in [0, 0.1) is 6.92 Å². The van der Waals surface area contributed by atoms with Crippen molar-refractivity contribution in [1.82, 2.24) is 9.97 Å². The van der Waals surface area contributed by atoms with Gasteiger partial charge in [0.05, 0.1) is 33.0 Å². The van der Waals surface area contributed by atoms with Crippen molar-refractivity contribution in [2.75, 3.05) is 10.6 Å². The molecule has 0 aliphatic carbocycles. The van der Waals surface area contributed by atoms with E-state index in [9.17, 15) is 13.2 Å². The smallest absolute Gasteiger partial charge is 0.238 e. The van der Waals surface area contributed by atoms with Gasteiger partial charge in [0, 0.05) is 12.3 Å². The topological polar surface area (TPSA) is 136 Å². The lowest BCUT2D eigenvalue weighted by Crippen LogP contribution is -2.13. The summed E-state index contributed by atoms with van der Waals surface area (Å²) < 4.78 is 29.2. The molecule has 3 aromatic rings. The predicted molar refractivity (Wildman–Crippen MR) is 119 cm³/mol. The Morgan fingerprint density at radius 3 is 2.60 bits per heavy atom. The summed E-state index contributed by atoms with van der Waals surface area (Å²) in [5.41, 5.74) is 1.89. The maximum atomic E-state index is 11.7. The number of rotatable bonds is 7. The van der Waals surface area contributed by atoms with Crippen LogP contribution in [0.1, 0.15) is 26.5 Å². The first-order valence-electron chi connectivity index (χ1n) is 8.84. The summed E-state index contributed by atoms with van der Waals surface area (Å²) in [6.45, 7) is 7.01. The molecule has 0 saturated heterocycles. The van der Waals surface area contributed by atoms with E-state index in [-0.39, 0.29) is 16.9 Å². The van der Waals surface area contributed by atoms with E-state index in [4.69, 9.17) is 9.88 Å². The standard InChI is InChI=1S/C18H21N5O4S3/c1-9(2)27-15-6-5-12(30(19,25)26)7-13(15)22-17-23-14(8-28-17)16-10(3)20-18(29-16)21-11(4)24/h5-9H,1-4H3,(H,22,23)(H2,19,25,26)(H,20,21,24). The second kappa shape index (κ2) is 8.68. The molecule has 9 nitrogen and oxygen atoms in total. The summed E-state index contributed by atoms with van der Waals surface area (Å²) in [5.74, 6) is 0.291. The van der Waals surface area contributed by atoms with Crippen molar-refractivity contribution >= 4 is 54.6 Å². The van der Waals surface area contributed by atoms with Crippen molar-refractivity contribution in [2.45, 2.75) is 38.7 Å². The number of nitrogens with zero attached hydrogens (tertiary/aromatic N) is 2. The predicted octanol–water partition coefficient (Wildman–Crippen LogP) is 3.71. The number of carbonyl (C=O) groups is 1. The Bertz CT molecular complexity index is 1180. The molecule has 0 aliphatic heterocycles. The second-order valence-corrected chi connectivity index (χ2v) is 10.1. The average molecular weight is 468 g/mol. The molecule has 0 saturated carbocycles. The van der Waals surface area contributed by atoms with Gasteiger partial charge >= 0.3 is 0 Å². The van der Waals surface area contributed by atoms with Gasteiger partial charge in [-0.1, -0.05) is 11.3 Å². The highest BCUT2D eigenvalue weighted by atomic mass is 32.2. The summed E-state index contributed by atoms with van der Waals surface area (Å²) in [4.78, 5) is 21.0. The molecule has 1 aromatic carbocycles. The Morgan fingerprint density at radius 1 is 1.23 bits per heavy atom. The lowest BCUT2D eigenvalue weighted by atomic mass is 10.3. The van der Waals surface area contributed by atoms with Gasteiger partial charge in [0.1, 0.15) is 5.75 Å². The van der Waals surface area contributed by atoms with Gasteiger partial charge < -0.3 is 15.4 Å². The first kappa shape index (κ1) is 22.2. The van der Waals surface area contributed by atoms with Crippen molar-refractivity contribution < 1.29 is 17.9 Å². The minimum Gasteiger partial charge on any atom is -0.489 e. The van der Waals surface area contributed by atoms with Crippen LogP contribution in [0.25, 0.3) is 10.6 Å². The average Bonchev–Trinajstić information content (AvgIpc) is 3.20. The van der Waals surface area contributed by atoms with Crippen LogP contribution in [0.2, 0.25) is 0 Å². The lowest BCUT2D eigenvalue weighted by Gasteiger charge is -2.15. The van der Waals surface area contributed by atoms with Gasteiger partial charge in [-0.25, -0.2) is 23.5 Å². The van der Waals surface area contributed by atoms with Gasteiger partial charge in [0.15, 0.2) is 10.3 Å². The van der Waals surface area contributed by atoms with Gasteiger partial charge in [-0.05, 0) is 39.0 Å². The number of amides is 1. The molecule has 1 amide bonds. The summed E-state index contributed by atoms with van der Waals surface area (Å²) in [6.07, 6.45) is -0.107. The number of hydrogen-bond acceptors (Lipinski definition) is 9. The van der Waals surface area contributed by atoms with E-state index < -0.39 is 10.0 Å². The van der Waals surface area contributed by atoms with E-state index in [0.717, 1.165) is 10.6 Å². The zero-order valence-electron chi connectivity index (χ0n) is 16.7. The van der Waals surface area contributed by atoms with Crippen LogP contribution >= 0.6 is 22.7 Å². The molecular weight excluding hydrogens is 446 g/mol. The fourth-order valence-electron chi connectivity index (χ4n) is 2.53. The highest BCUT2D eigenvalue weighted by Gasteiger charge is 2.17. The van der Waals surface area contributed by atoms with Crippen LogP contribution in [-0.4, -0.2) is 30.4 Å². The molecule has 0 radical (unpaired) electrons. The number of sulfonamides is 1. The Morgan fingerprint density at radius 2 is 1.97 bits per heavy atom. The van der Waals surface area contributed by atoms with E-state index in [1.165, 1.54) is 41.7 Å². The number of nitrogens with two attached hydrogens (primary N) is 1. The minimum absolute atomic E-state index is 0.0314. The molecular formula is C18H21N5O4S3. The number of aromatic nitrogens is 2. The van der Waals surface area contributed by atoms with Crippen LogP contribution < -0.4 is 20.5 Å². The molecule has 0 fully saturated rings. The lowest BCUT2D eigenvalue weighted by molar-refractivity contribution is -0.114. The maximum Gasteiger partial charge on any atom is 0.238 e. The zero-order valence-corrected chi connectivity index (χ0v) is 19.2. The van der Waals surface area contributed by atoms with Crippen LogP contribution in [0.4, 0.5) is 16.0 Å². The van der Waals surface area contributed by atoms with E-state index in [1.807, 2.05) is 26.2 Å². The van der Waals surface area contributed by atoms with Crippen LogP contribution in [0.5, 0.6) is 5.75 Å². The van der Waals surface area contributed by atoms with Crippen molar-refractivity contribution in [3.05, 3.63) is 29.3 Å².